The Bertz CT molecular complexity index is 810. The topological polar surface area (TPSA) is 70.0 Å². The number of benzene rings is 2. The van der Waals surface area contributed by atoms with Crippen LogP contribution in [0.4, 0.5) is 11.4 Å². The number of aromatic amines is 1. The smallest absolute Gasteiger partial charge is 0.218 e. The van der Waals surface area contributed by atoms with E-state index in [4.69, 9.17) is 4.74 Å². The number of H-pyrrole nitrogens is 1. The van der Waals surface area contributed by atoms with E-state index in [1.807, 2.05) is 36.4 Å². The van der Waals surface area contributed by atoms with Crippen LogP contribution >= 0.6 is 15.9 Å². The van der Waals surface area contributed by atoms with Crippen molar-refractivity contribution in [1.82, 2.24) is 4.98 Å². The average Bonchev–Trinajstić information content (AvgIpc) is 2.81. The molecule has 6 heteroatoms. The summed E-state index contributed by atoms with van der Waals surface area (Å²) in [6.45, 7) is 0. The molecule has 3 aromatic rings. The lowest BCUT2D eigenvalue weighted by Crippen LogP contribution is -1.80. The molecule has 2 N–H and O–H groups in total. The van der Waals surface area contributed by atoms with Crippen LogP contribution in [0.2, 0.25) is 0 Å². The van der Waals surface area contributed by atoms with Gasteiger partial charge in [0.15, 0.2) is 5.69 Å². The van der Waals surface area contributed by atoms with Crippen LogP contribution in [0.1, 0.15) is 0 Å². The van der Waals surface area contributed by atoms with Crippen LogP contribution in [-0.2, 0) is 0 Å². The van der Waals surface area contributed by atoms with Gasteiger partial charge in [0.1, 0.15) is 5.75 Å². The van der Waals surface area contributed by atoms with Crippen molar-refractivity contribution in [2.75, 3.05) is 7.11 Å². The summed E-state index contributed by atoms with van der Waals surface area (Å²) in [5.74, 6) is 0.694. The summed E-state index contributed by atoms with van der Waals surface area (Å²) in [5.41, 5.74) is 1.87. The van der Waals surface area contributed by atoms with E-state index in [0.717, 1.165) is 15.4 Å². The molecule has 1 aromatic heterocycles. The van der Waals surface area contributed by atoms with Crippen molar-refractivity contribution in [2.24, 2.45) is 10.2 Å². The van der Waals surface area contributed by atoms with Crippen LogP contribution in [-0.4, -0.2) is 17.2 Å². The number of rotatable bonds is 3. The predicted molar refractivity (Wildman–Crippen MR) is 84.8 cm³/mol. The Morgan fingerprint density at radius 1 is 1.10 bits per heavy atom. The molecule has 0 radical (unpaired) electrons. The summed E-state index contributed by atoms with van der Waals surface area (Å²) in [4.78, 5) is 2.86. The summed E-state index contributed by atoms with van der Waals surface area (Å²) in [7, 11) is 1.60. The molecule has 1 heterocycles. The van der Waals surface area contributed by atoms with E-state index in [2.05, 4.69) is 31.1 Å². The van der Waals surface area contributed by atoms with E-state index in [0.29, 0.717) is 17.1 Å². The Balaban J connectivity index is 2.00. The fourth-order valence-corrected chi connectivity index (χ4v) is 2.26. The Kier molecular flexibility index (Phi) is 3.62. The first-order chi connectivity index (χ1) is 10.2. The highest BCUT2D eigenvalue weighted by Crippen LogP contribution is 2.37. The highest BCUT2D eigenvalue weighted by atomic mass is 79.9. The zero-order chi connectivity index (χ0) is 14.8. The molecule has 0 spiro atoms. The van der Waals surface area contributed by atoms with E-state index >= 15 is 0 Å². The zero-order valence-corrected chi connectivity index (χ0v) is 12.8. The zero-order valence-electron chi connectivity index (χ0n) is 11.2. The molecule has 0 bridgehead atoms. The molecular weight excluding hydrogens is 334 g/mol. The Labute approximate surface area is 129 Å². The van der Waals surface area contributed by atoms with Crippen LogP contribution in [0.15, 0.2) is 57.2 Å². The molecule has 21 heavy (non-hydrogen) atoms. The standard InChI is InChI=1S/C15H12BrN3O2/c1-21-11-6-7-12-13(8-11)17-15(20)14(12)19-18-10-4-2-9(16)3-5-10/h2-8,17,20H,1H3. The van der Waals surface area contributed by atoms with Crippen molar-refractivity contribution in [3.63, 3.8) is 0 Å². The van der Waals surface area contributed by atoms with Gasteiger partial charge in [0, 0.05) is 15.9 Å². The molecule has 2 aromatic carbocycles. The number of halogens is 1. The summed E-state index contributed by atoms with van der Waals surface area (Å²) in [5, 5.41) is 19.0. The monoisotopic (exact) mass is 345 g/mol. The Morgan fingerprint density at radius 3 is 2.57 bits per heavy atom. The number of nitrogens with one attached hydrogen (secondary N) is 1. The number of nitrogens with zero attached hydrogens (tertiary/aromatic N) is 2. The number of methoxy groups -OCH3 is 1. The second-order valence-corrected chi connectivity index (χ2v) is 5.33. The van der Waals surface area contributed by atoms with Crippen molar-refractivity contribution in [3.8, 4) is 11.6 Å². The molecule has 0 atom stereocenters. The predicted octanol–water partition coefficient (Wildman–Crippen LogP) is 5.06. The molecule has 0 saturated carbocycles. The van der Waals surface area contributed by atoms with Crippen molar-refractivity contribution in [3.05, 3.63) is 46.9 Å². The van der Waals surface area contributed by atoms with Gasteiger partial charge in [-0.15, -0.1) is 5.11 Å². The fourth-order valence-electron chi connectivity index (χ4n) is 1.99. The molecule has 0 amide bonds. The number of aromatic hydroxyl groups is 1. The minimum atomic E-state index is -0.0147. The maximum Gasteiger partial charge on any atom is 0.218 e. The lowest BCUT2D eigenvalue weighted by atomic mass is 10.2. The van der Waals surface area contributed by atoms with E-state index in [1.54, 1.807) is 13.2 Å². The first-order valence-corrected chi connectivity index (χ1v) is 7.02. The van der Waals surface area contributed by atoms with Crippen LogP contribution in [0, 0.1) is 0 Å². The summed E-state index contributed by atoms with van der Waals surface area (Å²) >= 11 is 3.36. The molecule has 0 aliphatic carbocycles. The molecule has 3 rings (SSSR count). The van der Waals surface area contributed by atoms with E-state index in [-0.39, 0.29) is 5.88 Å². The van der Waals surface area contributed by atoms with Gasteiger partial charge in [-0.2, -0.15) is 5.11 Å². The van der Waals surface area contributed by atoms with Gasteiger partial charge < -0.3 is 14.8 Å². The Morgan fingerprint density at radius 2 is 1.86 bits per heavy atom. The van der Waals surface area contributed by atoms with Crippen LogP contribution in [0.25, 0.3) is 10.9 Å². The first kappa shape index (κ1) is 13.6. The van der Waals surface area contributed by atoms with Gasteiger partial charge >= 0.3 is 0 Å². The number of aromatic nitrogens is 1. The van der Waals surface area contributed by atoms with Gasteiger partial charge in [0.05, 0.1) is 18.3 Å². The third-order valence-corrected chi connectivity index (χ3v) is 3.58. The average molecular weight is 346 g/mol. The maximum atomic E-state index is 9.96. The summed E-state index contributed by atoms with van der Waals surface area (Å²) in [6.07, 6.45) is 0. The number of azo groups is 1. The van der Waals surface area contributed by atoms with E-state index in [9.17, 15) is 5.11 Å². The number of hydrogen-bond donors (Lipinski definition) is 2. The van der Waals surface area contributed by atoms with Crippen molar-refractivity contribution >= 4 is 38.2 Å². The molecule has 0 aliphatic rings. The summed E-state index contributed by atoms with van der Waals surface area (Å²) < 4.78 is 6.13. The summed E-state index contributed by atoms with van der Waals surface area (Å²) in [6, 6.07) is 12.9. The van der Waals surface area contributed by atoms with Gasteiger partial charge in [0.2, 0.25) is 5.88 Å². The van der Waals surface area contributed by atoms with Gasteiger partial charge in [0.25, 0.3) is 0 Å². The first-order valence-electron chi connectivity index (χ1n) is 6.23. The quantitative estimate of drug-likeness (QED) is 0.651. The number of hydrogen-bond acceptors (Lipinski definition) is 4. The molecule has 106 valence electrons. The minimum Gasteiger partial charge on any atom is -0.497 e. The molecular formula is C15H12BrN3O2. The molecule has 0 saturated heterocycles. The third kappa shape index (κ3) is 2.75. The van der Waals surface area contributed by atoms with Gasteiger partial charge in [-0.1, -0.05) is 15.9 Å². The Hall–Kier alpha value is -2.34. The second-order valence-electron chi connectivity index (χ2n) is 4.41. The number of fused-ring (bicyclic) bond motifs is 1. The molecule has 5 nitrogen and oxygen atoms in total. The third-order valence-electron chi connectivity index (χ3n) is 3.05. The van der Waals surface area contributed by atoms with Crippen LogP contribution in [0.5, 0.6) is 11.6 Å². The van der Waals surface area contributed by atoms with Crippen LogP contribution in [0.3, 0.4) is 0 Å². The lowest BCUT2D eigenvalue weighted by molar-refractivity contribution is 0.415. The lowest BCUT2D eigenvalue weighted by Gasteiger charge is -1.98. The van der Waals surface area contributed by atoms with Gasteiger partial charge in [-0.25, -0.2) is 0 Å². The van der Waals surface area contributed by atoms with E-state index in [1.165, 1.54) is 0 Å². The van der Waals surface area contributed by atoms with Gasteiger partial charge in [-0.3, -0.25) is 0 Å². The van der Waals surface area contributed by atoms with Crippen molar-refractivity contribution in [2.45, 2.75) is 0 Å². The fraction of sp³-hybridized carbons (Fsp3) is 0.0667. The normalized spacial score (nSPS) is 11.3. The SMILES string of the molecule is COc1ccc2c(N=Nc3ccc(Br)cc3)c(O)[nH]c2c1. The number of ether oxygens (including phenoxy) is 1. The maximum absolute atomic E-state index is 9.96. The molecule has 0 aliphatic heterocycles. The van der Waals surface area contributed by atoms with Crippen molar-refractivity contribution < 1.29 is 9.84 Å². The largest absolute Gasteiger partial charge is 0.497 e. The molecule has 0 unspecified atom stereocenters. The molecule has 0 fully saturated rings. The second kappa shape index (κ2) is 5.57. The highest BCUT2D eigenvalue weighted by Gasteiger charge is 2.11. The minimum absolute atomic E-state index is 0.0147. The highest BCUT2D eigenvalue weighted by molar-refractivity contribution is 9.10. The van der Waals surface area contributed by atoms with Crippen LogP contribution < -0.4 is 4.74 Å². The van der Waals surface area contributed by atoms with Crippen molar-refractivity contribution in [1.29, 1.82) is 0 Å². The van der Waals surface area contributed by atoms with Gasteiger partial charge in [-0.05, 0) is 36.4 Å². The van der Waals surface area contributed by atoms with E-state index < -0.39 is 0 Å².